The zero-order valence-corrected chi connectivity index (χ0v) is 15.0. The van der Waals surface area contributed by atoms with E-state index in [1.54, 1.807) is 30.7 Å². The fourth-order valence-electron chi connectivity index (χ4n) is 3.20. The summed E-state index contributed by atoms with van der Waals surface area (Å²) in [5.41, 5.74) is 0. The largest absolute Gasteiger partial charge is 0.482 e. The first kappa shape index (κ1) is 17.2. The lowest BCUT2D eigenvalue weighted by molar-refractivity contribution is -0.124. The van der Waals surface area contributed by atoms with Crippen LogP contribution in [0.2, 0.25) is 0 Å². The Hall–Kier alpha value is -3.23. The van der Waals surface area contributed by atoms with Crippen LogP contribution in [0.1, 0.15) is 30.4 Å². The molecule has 1 amide bonds. The van der Waals surface area contributed by atoms with Crippen molar-refractivity contribution in [1.29, 1.82) is 0 Å². The molecular weight excluding hydrogens is 346 g/mol. The van der Waals surface area contributed by atoms with Crippen molar-refractivity contribution in [2.75, 3.05) is 6.61 Å². The Morgan fingerprint density at radius 1 is 1.30 bits per heavy atom. The van der Waals surface area contributed by atoms with Gasteiger partial charge in [-0.05, 0) is 31.0 Å². The molecule has 0 aromatic carbocycles. The summed E-state index contributed by atoms with van der Waals surface area (Å²) in [7, 11) is 1.97. The number of hydrogen-bond acceptors (Lipinski definition) is 6. The van der Waals surface area contributed by atoms with Crippen LogP contribution in [0.5, 0.6) is 5.75 Å². The number of carbonyl (C=O) groups excluding carboxylic acids is 1. The SMILES string of the molecule is Cn1c(Cn2cccn2)nnc1C1CC(NC(=O)COc2cccnc2)C1. The summed E-state index contributed by atoms with van der Waals surface area (Å²) in [5.74, 6) is 2.58. The summed E-state index contributed by atoms with van der Waals surface area (Å²) in [4.78, 5) is 16.0. The first-order valence-electron chi connectivity index (χ1n) is 8.87. The third-order valence-corrected chi connectivity index (χ3v) is 4.73. The van der Waals surface area contributed by atoms with Gasteiger partial charge in [-0.15, -0.1) is 10.2 Å². The summed E-state index contributed by atoms with van der Waals surface area (Å²) in [6, 6.07) is 5.57. The van der Waals surface area contributed by atoms with E-state index in [4.69, 9.17) is 4.74 Å². The predicted molar refractivity (Wildman–Crippen MR) is 96.0 cm³/mol. The zero-order chi connectivity index (χ0) is 18.6. The van der Waals surface area contributed by atoms with Crippen molar-refractivity contribution in [2.24, 2.45) is 7.05 Å². The quantitative estimate of drug-likeness (QED) is 0.666. The monoisotopic (exact) mass is 367 g/mol. The second-order valence-corrected chi connectivity index (χ2v) is 6.65. The number of amides is 1. The Balaban J connectivity index is 1.25. The van der Waals surface area contributed by atoms with Gasteiger partial charge in [0.15, 0.2) is 12.4 Å². The van der Waals surface area contributed by atoms with Crippen LogP contribution in [0.4, 0.5) is 0 Å². The molecule has 0 saturated heterocycles. The molecule has 0 bridgehead atoms. The standard InChI is InChI=1S/C18H21N7O2/c1-24-16(11-25-7-3-6-20-25)22-23-18(24)13-8-14(9-13)21-17(26)12-27-15-4-2-5-19-10-15/h2-7,10,13-14H,8-9,11-12H2,1H3,(H,21,26). The van der Waals surface area contributed by atoms with Gasteiger partial charge in [-0.2, -0.15) is 5.10 Å². The molecule has 1 N–H and O–H groups in total. The van der Waals surface area contributed by atoms with Gasteiger partial charge < -0.3 is 14.6 Å². The van der Waals surface area contributed by atoms with Gasteiger partial charge in [-0.3, -0.25) is 14.5 Å². The van der Waals surface area contributed by atoms with Crippen molar-refractivity contribution in [1.82, 2.24) is 34.8 Å². The van der Waals surface area contributed by atoms with Crippen LogP contribution >= 0.6 is 0 Å². The third-order valence-electron chi connectivity index (χ3n) is 4.73. The Kier molecular flexibility index (Phi) is 4.82. The molecule has 3 aromatic heterocycles. The minimum atomic E-state index is -0.125. The van der Waals surface area contributed by atoms with Crippen molar-refractivity contribution in [2.45, 2.75) is 31.3 Å². The molecule has 140 valence electrons. The normalized spacial score (nSPS) is 18.7. The van der Waals surface area contributed by atoms with Gasteiger partial charge in [0.1, 0.15) is 18.1 Å². The number of nitrogens with one attached hydrogen (secondary N) is 1. The zero-order valence-electron chi connectivity index (χ0n) is 15.0. The fraction of sp³-hybridized carbons (Fsp3) is 0.389. The average molecular weight is 367 g/mol. The first-order chi connectivity index (χ1) is 13.2. The number of pyridine rings is 1. The molecule has 1 fully saturated rings. The number of hydrogen-bond donors (Lipinski definition) is 1. The molecule has 1 aliphatic rings. The Bertz CT molecular complexity index is 886. The van der Waals surface area contributed by atoms with E-state index < -0.39 is 0 Å². The van der Waals surface area contributed by atoms with E-state index in [2.05, 4.69) is 25.6 Å². The molecule has 0 unspecified atom stereocenters. The lowest BCUT2D eigenvalue weighted by Crippen LogP contribution is -2.45. The highest BCUT2D eigenvalue weighted by atomic mass is 16.5. The van der Waals surface area contributed by atoms with Crippen molar-refractivity contribution in [3.05, 3.63) is 54.6 Å². The minimum absolute atomic E-state index is 0.00909. The molecule has 1 aliphatic carbocycles. The van der Waals surface area contributed by atoms with E-state index in [1.807, 2.05) is 28.6 Å². The van der Waals surface area contributed by atoms with E-state index in [9.17, 15) is 4.79 Å². The Morgan fingerprint density at radius 3 is 2.93 bits per heavy atom. The van der Waals surface area contributed by atoms with E-state index in [0.29, 0.717) is 18.2 Å². The Labute approximate surface area is 156 Å². The van der Waals surface area contributed by atoms with Crippen molar-refractivity contribution in [3.63, 3.8) is 0 Å². The van der Waals surface area contributed by atoms with Crippen molar-refractivity contribution < 1.29 is 9.53 Å². The molecule has 9 nitrogen and oxygen atoms in total. The molecule has 9 heteroatoms. The number of carbonyl (C=O) groups is 1. The molecule has 0 atom stereocenters. The summed E-state index contributed by atoms with van der Waals surface area (Å²) >= 11 is 0. The molecule has 3 aromatic rings. The average Bonchev–Trinajstić information content (AvgIpc) is 3.28. The van der Waals surface area contributed by atoms with Gasteiger partial charge in [0, 0.05) is 37.6 Å². The summed E-state index contributed by atoms with van der Waals surface area (Å²) in [6.45, 7) is 0.583. The van der Waals surface area contributed by atoms with Gasteiger partial charge in [0.25, 0.3) is 5.91 Å². The van der Waals surface area contributed by atoms with Gasteiger partial charge in [0.05, 0.1) is 6.20 Å². The fourth-order valence-corrected chi connectivity index (χ4v) is 3.20. The number of nitrogens with zero attached hydrogens (tertiary/aromatic N) is 6. The third kappa shape index (κ3) is 3.97. The molecule has 4 rings (SSSR count). The molecular formula is C18H21N7O2. The maximum atomic E-state index is 12.0. The molecule has 27 heavy (non-hydrogen) atoms. The molecule has 1 saturated carbocycles. The summed E-state index contributed by atoms with van der Waals surface area (Å²) in [5, 5.41) is 15.8. The van der Waals surface area contributed by atoms with Gasteiger partial charge in [-0.25, -0.2) is 0 Å². The summed E-state index contributed by atoms with van der Waals surface area (Å²) < 4.78 is 9.25. The minimum Gasteiger partial charge on any atom is -0.482 e. The Morgan fingerprint density at radius 2 is 2.19 bits per heavy atom. The maximum Gasteiger partial charge on any atom is 0.258 e. The summed E-state index contributed by atoms with van der Waals surface area (Å²) in [6.07, 6.45) is 8.60. The van der Waals surface area contributed by atoms with Gasteiger partial charge in [0.2, 0.25) is 0 Å². The van der Waals surface area contributed by atoms with Crippen LogP contribution in [-0.2, 0) is 18.4 Å². The van der Waals surface area contributed by atoms with Crippen LogP contribution in [0.25, 0.3) is 0 Å². The molecule has 0 spiro atoms. The van der Waals surface area contributed by atoms with E-state index in [1.165, 1.54) is 0 Å². The lowest BCUT2D eigenvalue weighted by Gasteiger charge is -2.35. The lowest BCUT2D eigenvalue weighted by atomic mass is 9.79. The highest BCUT2D eigenvalue weighted by molar-refractivity contribution is 5.78. The molecule has 3 heterocycles. The van der Waals surface area contributed by atoms with E-state index in [0.717, 1.165) is 24.5 Å². The van der Waals surface area contributed by atoms with Crippen molar-refractivity contribution >= 4 is 5.91 Å². The van der Waals surface area contributed by atoms with Crippen molar-refractivity contribution in [3.8, 4) is 5.75 Å². The number of ether oxygens (including phenoxy) is 1. The second-order valence-electron chi connectivity index (χ2n) is 6.65. The van der Waals surface area contributed by atoms with Crippen LogP contribution in [-0.4, -0.2) is 48.1 Å². The number of aromatic nitrogens is 6. The molecule has 0 aliphatic heterocycles. The first-order valence-corrected chi connectivity index (χ1v) is 8.87. The van der Waals surface area contributed by atoms with E-state index >= 15 is 0 Å². The van der Waals surface area contributed by atoms with Gasteiger partial charge >= 0.3 is 0 Å². The van der Waals surface area contributed by atoms with Gasteiger partial charge in [-0.1, -0.05) is 0 Å². The maximum absolute atomic E-state index is 12.0. The molecule has 0 radical (unpaired) electrons. The predicted octanol–water partition coefficient (Wildman–Crippen LogP) is 0.896. The topological polar surface area (TPSA) is 99.8 Å². The van der Waals surface area contributed by atoms with Crippen LogP contribution < -0.4 is 10.1 Å². The highest BCUT2D eigenvalue weighted by Gasteiger charge is 2.34. The number of rotatable bonds is 7. The van der Waals surface area contributed by atoms with Crippen LogP contribution in [0, 0.1) is 0 Å². The second kappa shape index (κ2) is 7.56. The highest BCUT2D eigenvalue weighted by Crippen LogP contribution is 2.35. The van der Waals surface area contributed by atoms with E-state index in [-0.39, 0.29) is 18.6 Å². The van der Waals surface area contributed by atoms with Crippen LogP contribution in [0.3, 0.4) is 0 Å². The van der Waals surface area contributed by atoms with Crippen LogP contribution in [0.15, 0.2) is 43.0 Å². The smallest absolute Gasteiger partial charge is 0.258 e.